The van der Waals surface area contributed by atoms with Gasteiger partial charge in [-0.2, -0.15) is 0 Å². The lowest BCUT2D eigenvalue weighted by atomic mass is 10.2. The van der Waals surface area contributed by atoms with Crippen LogP contribution < -0.4 is 16.0 Å². The molecule has 1 aliphatic heterocycles. The molecule has 1 amide bonds. The minimum absolute atomic E-state index is 0.0249. The van der Waals surface area contributed by atoms with E-state index in [1.54, 1.807) is 6.07 Å². The van der Waals surface area contributed by atoms with Crippen molar-refractivity contribution in [1.82, 2.24) is 5.32 Å². The van der Waals surface area contributed by atoms with Crippen LogP contribution in [0.2, 0.25) is 5.02 Å². The van der Waals surface area contributed by atoms with E-state index in [2.05, 4.69) is 5.32 Å². The average molecular weight is 240 g/mol. The second kappa shape index (κ2) is 4.61. The molecule has 4 nitrogen and oxygen atoms in total. The van der Waals surface area contributed by atoms with Crippen molar-refractivity contribution in [1.29, 1.82) is 0 Å². The molecule has 1 aromatic carbocycles. The van der Waals surface area contributed by atoms with E-state index in [1.807, 2.05) is 17.0 Å². The number of halogens is 1. The first-order valence-corrected chi connectivity index (χ1v) is 5.62. The lowest BCUT2D eigenvalue weighted by Gasteiger charge is -2.23. The number of nitrogen functional groups attached to an aromatic ring is 1. The molecule has 1 fully saturated rings. The zero-order valence-corrected chi connectivity index (χ0v) is 9.63. The molecule has 1 aliphatic rings. The summed E-state index contributed by atoms with van der Waals surface area (Å²) >= 11 is 5.96. The molecule has 3 N–H and O–H groups in total. The number of nitrogens with two attached hydrogens (primary N) is 1. The Labute approximate surface area is 99.4 Å². The minimum atomic E-state index is 0.0249. The van der Waals surface area contributed by atoms with Crippen molar-refractivity contribution < 1.29 is 4.79 Å². The van der Waals surface area contributed by atoms with Gasteiger partial charge in [0.15, 0.2) is 0 Å². The van der Waals surface area contributed by atoms with E-state index in [-0.39, 0.29) is 5.91 Å². The number of carbonyl (C=O) groups is 1. The van der Waals surface area contributed by atoms with Crippen LogP contribution in [0.4, 0.5) is 11.4 Å². The van der Waals surface area contributed by atoms with Gasteiger partial charge in [0.05, 0.1) is 22.9 Å². The van der Waals surface area contributed by atoms with Gasteiger partial charge in [0.25, 0.3) is 0 Å². The number of nitrogens with zero attached hydrogens (tertiary/aromatic N) is 1. The molecule has 0 aromatic heterocycles. The van der Waals surface area contributed by atoms with Crippen LogP contribution in [0.3, 0.4) is 0 Å². The highest BCUT2D eigenvalue weighted by atomic mass is 35.5. The maximum Gasteiger partial charge on any atom is 0.239 e. The monoisotopic (exact) mass is 239 g/mol. The van der Waals surface area contributed by atoms with E-state index in [1.165, 1.54) is 0 Å². The van der Waals surface area contributed by atoms with Crippen LogP contribution >= 0.6 is 11.6 Å². The van der Waals surface area contributed by atoms with Crippen LogP contribution in [-0.4, -0.2) is 25.5 Å². The Morgan fingerprint density at radius 1 is 1.44 bits per heavy atom. The summed E-state index contributed by atoms with van der Waals surface area (Å²) < 4.78 is 0. The maximum atomic E-state index is 11.4. The zero-order valence-electron chi connectivity index (χ0n) is 8.87. The minimum Gasteiger partial charge on any atom is -0.396 e. The first-order valence-electron chi connectivity index (χ1n) is 5.24. The molecule has 5 heteroatoms. The van der Waals surface area contributed by atoms with Gasteiger partial charge in [-0.05, 0) is 18.6 Å². The largest absolute Gasteiger partial charge is 0.396 e. The molecule has 0 unspecified atom stereocenters. The molecule has 0 aliphatic carbocycles. The van der Waals surface area contributed by atoms with Crippen LogP contribution in [0.25, 0.3) is 0 Å². The number of rotatable bonds is 1. The van der Waals surface area contributed by atoms with Crippen LogP contribution in [0.1, 0.15) is 6.42 Å². The van der Waals surface area contributed by atoms with Gasteiger partial charge in [-0.3, -0.25) is 4.79 Å². The van der Waals surface area contributed by atoms with Gasteiger partial charge in [-0.25, -0.2) is 0 Å². The van der Waals surface area contributed by atoms with E-state index in [0.29, 0.717) is 17.3 Å². The van der Waals surface area contributed by atoms with E-state index in [4.69, 9.17) is 17.3 Å². The standard InChI is InChI=1S/C11H14ClN3O/c12-8-3-1-4-9(11(8)13)15-6-2-5-14-10(16)7-15/h1,3-4H,2,5-7,13H2,(H,14,16). The van der Waals surface area contributed by atoms with Crippen LogP contribution in [0.15, 0.2) is 18.2 Å². The average Bonchev–Trinajstić information content (AvgIpc) is 2.47. The van der Waals surface area contributed by atoms with Crippen LogP contribution in [0.5, 0.6) is 0 Å². The number of hydrogen-bond donors (Lipinski definition) is 2. The SMILES string of the molecule is Nc1c(Cl)cccc1N1CCCNC(=O)C1. The summed E-state index contributed by atoms with van der Waals surface area (Å²) in [4.78, 5) is 13.4. The summed E-state index contributed by atoms with van der Waals surface area (Å²) in [6.07, 6.45) is 0.914. The summed E-state index contributed by atoms with van der Waals surface area (Å²) in [5.41, 5.74) is 7.28. The van der Waals surface area contributed by atoms with E-state index in [9.17, 15) is 4.79 Å². The highest BCUT2D eigenvalue weighted by Gasteiger charge is 2.17. The third-order valence-corrected chi connectivity index (χ3v) is 2.96. The van der Waals surface area contributed by atoms with Crippen molar-refractivity contribution in [2.24, 2.45) is 0 Å². The quantitative estimate of drug-likeness (QED) is 0.726. The van der Waals surface area contributed by atoms with Gasteiger partial charge >= 0.3 is 0 Å². The predicted octanol–water partition coefficient (Wildman–Crippen LogP) is 1.25. The van der Waals surface area contributed by atoms with Gasteiger partial charge in [0, 0.05) is 13.1 Å². The highest BCUT2D eigenvalue weighted by molar-refractivity contribution is 6.33. The van der Waals surface area contributed by atoms with Crippen molar-refractivity contribution in [3.8, 4) is 0 Å². The Morgan fingerprint density at radius 2 is 2.25 bits per heavy atom. The van der Waals surface area contributed by atoms with E-state index < -0.39 is 0 Å². The Morgan fingerprint density at radius 3 is 3.06 bits per heavy atom. The van der Waals surface area contributed by atoms with Gasteiger partial charge in [-0.1, -0.05) is 17.7 Å². The molecule has 0 atom stereocenters. The van der Waals surface area contributed by atoms with Crippen molar-refractivity contribution in [2.45, 2.75) is 6.42 Å². The first-order chi connectivity index (χ1) is 7.68. The third kappa shape index (κ3) is 2.22. The van der Waals surface area contributed by atoms with E-state index in [0.717, 1.165) is 25.2 Å². The number of benzene rings is 1. The summed E-state index contributed by atoms with van der Waals surface area (Å²) in [5, 5.41) is 3.35. The summed E-state index contributed by atoms with van der Waals surface area (Å²) in [7, 11) is 0. The molecule has 0 saturated carbocycles. The number of carbonyl (C=O) groups excluding carboxylic acids is 1. The van der Waals surface area contributed by atoms with Gasteiger partial charge in [0.2, 0.25) is 5.91 Å². The highest BCUT2D eigenvalue weighted by Crippen LogP contribution is 2.30. The molecule has 2 rings (SSSR count). The fourth-order valence-corrected chi connectivity index (χ4v) is 1.98. The Bertz CT molecular complexity index is 408. The van der Waals surface area contributed by atoms with Gasteiger partial charge < -0.3 is 16.0 Å². The molecule has 0 radical (unpaired) electrons. The number of anilines is 2. The zero-order chi connectivity index (χ0) is 11.5. The predicted molar refractivity (Wildman–Crippen MR) is 65.7 cm³/mol. The molecule has 0 bridgehead atoms. The lowest BCUT2D eigenvalue weighted by Crippen LogP contribution is -2.33. The van der Waals surface area contributed by atoms with Crippen molar-refractivity contribution in [2.75, 3.05) is 30.3 Å². The number of nitrogens with one attached hydrogen (secondary N) is 1. The van der Waals surface area contributed by atoms with E-state index >= 15 is 0 Å². The number of amides is 1. The Hall–Kier alpha value is -1.42. The van der Waals surface area contributed by atoms with Crippen LogP contribution in [0, 0.1) is 0 Å². The Balaban J connectivity index is 2.28. The maximum absolute atomic E-state index is 11.4. The van der Waals surface area contributed by atoms with Gasteiger partial charge in [-0.15, -0.1) is 0 Å². The molecule has 1 saturated heterocycles. The Kier molecular flexibility index (Phi) is 3.19. The molecule has 86 valence electrons. The fraction of sp³-hybridized carbons (Fsp3) is 0.364. The molecule has 16 heavy (non-hydrogen) atoms. The summed E-state index contributed by atoms with van der Waals surface area (Å²) in [5.74, 6) is 0.0249. The first kappa shape index (κ1) is 11.1. The number of hydrogen-bond acceptors (Lipinski definition) is 3. The van der Waals surface area contributed by atoms with Crippen molar-refractivity contribution >= 4 is 28.9 Å². The van der Waals surface area contributed by atoms with Crippen LogP contribution in [-0.2, 0) is 4.79 Å². The molecule has 1 aromatic rings. The van der Waals surface area contributed by atoms with Crippen molar-refractivity contribution in [3.05, 3.63) is 23.2 Å². The molecular weight excluding hydrogens is 226 g/mol. The lowest BCUT2D eigenvalue weighted by molar-refractivity contribution is -0.119. The summed E-state index contributed by atoms with van der Waals surface area (Å²) in [6.45, 7) is 1.86. The fourth-order valence-electron chi connectivity index (χ4n) is 1.81. The normalized spacial score (nSPS) is 16.8. The second-order valence-electron chi connectivity index (χ2n) is 3.80. The molecule has 1 heterocycles. The summed E-state index contributed by atoms with van der Waals surface area (Å²) in [6, 6.07) is 5.48. The number of para-hydroxylation sites is 1. The molecular formula is C11H14ClN3O. The second-order valence-corrected chi connectivity index (χ2v) is 4.20. The van der Waals surface area contributed by atoms with Crippen molar-refractivity contribution in [3.63, 3.8) is 0 Å². The third-order valence-electron chi connectivity index (χ3n) is 2.63. The smallest absolute Gasteiger partial charge is 0.239 e. The molecule has 0 spiro atoms. The van der Waals surface area contributed by atoms with Gasteiger partial charge in [0.1, 0.15) is 0 Å². The topological polar surface area (TPSA) is 58.4 Å².